The van der Waals surface area contributed by atoms with Gasteiger partial charge in [-0.1, -0.05) is 6.92 Å². The molecular weight excluding hydrogens is 144 g/mol. The summed E-state index contributed by atoms with van der Waals surface area (Å²) in [5, 5.41) is 16.6. The first kappa shape index (κ1) is 9.92. The number of hydrogen-bond acceptors (Lipinski definition) is 3. The van der Waals surface area contributed by atoms with E-state index >= 15 is 0 Å². The van der Waals surface area contributed by atoms with Gasteiger partial charge in [0, 0.05) is 13.0 Å². The second-order valence-corrected chi connectivity index (χ2v) is 2.17. The molecule has 0 aromatic rings. The van der Waals surface area contributed by atoms with Crippen LogP contribution >= 0.6 is 0 Å². The molecule has 4 nitrogen and oxygen atoms in total. The number of hydrogen-bond donors (Lipinski definition) is 1. The lowest BCUT2D eigenvalue weighted by molar-refractivity contribution is -0.138. The van der Waals surface area contributed by atoms with Crippen molar-refractivity contribution in [1.29, 1.82) is 5.26 Å². The van der Waals surface area contributed by atoms with E-state index in [9.17, 15) is 4.79 Å². The molecule has 0 spiro atoms. The molecule has 11 heavy (non-hydrogen) atoms. The van der Waals surface area contributed by atoms with Crippen LogP contribution in [-0.4, -0.2) is 35.6 Å². The minimum atomic E-state index is -0.843. The monoisotopic (exact) mass is 156 g/mol. The van der Waals surface area contributed by atoms with E-state index in [-0.39, 0.29) is 6.54 Å². The third kappa shape index (κ3) is 5.37. The zero-order valence-corrected chi connectivity index (χ0v) is 6.58. The van der Waals surface area contributed by atoms with Gasteiger partial charge in [0.25, 0.3) is 0 Å². The SMILES string of the molecule is CCN(CCC#N)CC(=O)O. The normalized spacial score (nSPS) is 9.55. The Bertz CT molecular complexity index is 162. The van der Waals surface area contributed by atoms with Crippen LogP contribution in [0.1, 0.15) is 13.3 Å². The Morgan fingerprint density at radius 1 is 1.73 bits per heavy atom. The van der Waals surface area contributed by atoms with Crippen molar-refractivity contribution in [2.24, 2.45) is 0 Å². The van der Waals surface area contributed by atoms with Crippen LogP contribution in [0.25, 0.3) is 0 Å². The van der Waals surface area contributed by atoms with Crippen molar-refractivity contribution in [1.82, 2.24) is 4.90 Å². The molecule has 62 valence electrons. The van der Waals surface area contributed by atoms with Crippen molar-refractivity contribution < 1.29 is 9.90 Å². The molecule has 4 heteroatoms. The third-order valence-corrected chi connectivity index (χ3v) is 1.35. The quantitative estimate of drug-likeness (QED) is 0.622. The Morgan fingerprint density at radius 2 is 2.36 bits per heavy atom. The number of carbonyl (C=O) groups is 1. The molecule has 0 rings (SSSR count). The van der Waals surface area contributed by atoms with Crippen LogP contribution in [0.5, 0.6) is 0 Å². The van der Waals surface area contributed by atoms with Crippen LogP contribution in [0, 0.1) is 11.3 Å². The fraction of sp³-hybridized carbons (Fsp3) is 0.714. The Kier molecular flexibility index (Phi) is 5.13. The predicted molar refractivity (Wildman–Crippen MR) is 40.0 cm³/mol. The van der Waals surface area contributed by atoms with Gasteiger partial charge in [0.2, 0.25) is 0 Å². The molecule has 0 fully saturated rings. The molecule has 0 amide bonds. The van der Waals surface area contributed by atoms with E-state index in [1.54, 1.807) is 4.90 Å². The van der Waals surface area contributed by atoms with E-state index in [0.29, 0.717) is 19.5 Å². The summed E-state index contributed by atoms with van der Waals surface area (Å²) in [6.07, 6.45) is 0.390. The average molecular weight is 156 g/mol. The van der Waals surface area contributed by atoms with E-state index in [4.69, 9.17) is 10.4 Å². The fourth-order valence-electron chi connectivity index (χ4n) is 0.748. The highest BCUT2D eigenvalue weighted by Crippen LogP contribution is 1.89. The molecule has 0 radical (unpaired) electrons. The molecule has 0 aromatic heterocycles. The van der Waals surface area contributed by atoms with E-state index < -0.39 is 5.97 Å². The van der Waals surface area contributed by atoms with Crippen molar-refractivity contribution >= 4 is 5.97 Å². The van der Waals surface area contributed by atoms with Gasteiger partial charge in [0.1, 0.15) is 0 Å². The van der Waals surface area contributed by atoms with E-state index in [2.05, 4.69) is 0 Å². The standard InChI is InChI=1S/C7H12N2O2/c1-2-9(5-3-4-8)6-7(10)11/h2-3,5-6H2,1H3,(H,10,11). The van der Waals surface area contributed by atoms with Gasteiger partial charge >= 0.3 is 5.97 Å². The lowest BCUT2D eigenvalue weighted by Crippen LogP contribution is -2.30. The highest BCUT2D eigenvalue weighted by Gasteiger charge is 2.05. The summed E-state index contributed by atoms with van der Waals surface area (Å²) < 4.78 is 0. The molecule has 0 atom stereocenters. The van der Waals surface area contributed by atoms with Crippen molar-refractivity contribution in [3.63, 3.8) is 0 Å². The number of nitriles is 1. The first-order chi connectivity index (χ1) is 5.20. The first-order valence-electron chi connectivity index (χ1n) is 3.51. The molecule has 0 aromatic carbocycles. The lowest BCUT2D eigenvalue weighted by atomic mass is 10.4. The molecular formula is C7H12N2O2. The van der Waals surface area contributed by atoms with Crippen LogP contribution in [0.3, 0.4) is 0 Å². The third-order valence-electron chi connectivity index (χ3n) is 1.35. The summed E-state index contributed by atoms with van der Waals surface area (Å²) in [5.74, 6) is -0.843. The van der Waals surface area contributed by atoms with Gasteiger partial charge in [-0.05, 0) is 6.54 Å². The van der Waals surface area contributed by atoms with E-state index in [1.807, 2.05) is 13.0 Å². The van der Waals surface area contributed by atoms with Crippen molar-refractivity contribution in [3.8, 4) is 6.07 Å². The van der Waals surface area contributed by atoms with Gasteiger partial charge in [-0.25, -0.2) is 0 Å². The molecule has 0 saturated carbocycles. The summed E-state index contributed by atoms with van der Waals surface area (Å²) in [6.45, 7) is 3.12. The summed E-state index contributed by atoms with van der Waals surface area (Å²) in [7, 11) is 0. The molecule has 0 bridgehead atoms. The number of aliphatic carboxylic acids is 1. The number of rotatable bonds is 5. The smallest absolute Gasteiger partial charge is 0.317 e. The number of carboxylic acid groups (broad SMARTS) is 1. The maximum Gasteiger partial charge on any atom is 0.317 e. The summed E-state index contributed by atoms with van der Waals surface area (Å²) >= 11 is 0. The fourth-order valence-corrected chi connectivity index (χ4v) is 0.748. The number of likely N-dealkylation sites (N-methyl/N-ethyl adjacent to an activating group) is 1. The van der Waals surface area contributed by atoms with Gasteiger partial charge in [0.15, 0.2) is 0 Å². The highest BCUT2D eigenvalue weighted by molar-refractivity contribution is 5.69. The molecule has 0 heterocycles. The number of nitrogens with zero attached hydrogens (tertiary/aromatic N) is 2. The Labute approximate surface area is 66.0 Å². The zero-order chi connectivity index (χ0) is 8.69. The van der Waals surface area contributed by atoms with Gasteiger partial charge < -0.3 is 5.11 Å². The zero-order valence-electron chi connectivity index (χ0n) is 6.58. The van der Waals surface area contributed by atoms with Gasteiger partial charge in [0.05, 0.1) is 12.6 Å². The maximum absolute atomic E-state index is 10.2. The number of carboxylic acids is 1. The Hall–Kier alpha value is -1.08. The topological polar surface area (TPSA) is 64.3 Å². The molecule has 1 N–H and O–H groups in total. The lowest BCUT2D eigenvalue weighted by Gasteiger charge is -2.15. The van der Waals surface area contributed by atoms with E-state index in [1.165, 1.54) is 0 Å². The highest BCUT2D eigenvalue weighted by atomic mass is 16.4. The van der Waals surface area contributed by atoms with Gasteiger partial charge in [-0.2, -0.15) is 5.26 Å². The molecule has 0 aliphatic carbocycles. The maximum atomic E-state index is 10.2. The van der Waals surface area contributed by atoms with Crippen LogP contribution < -0.4 is 0 Å². The van der Waals surface area contributed by atoms with Crippen molar-refractivity contribution in [2.45, 2.75) is 13.3 Å². The van der Waals surface area contributed by atoms with Crippen LogP contribution in [-0.2, 0) is 4.79 Å². The van der Waals surface area contributed by atoms with Crippen LogP contribution in [0.15, 0.2) is 0 Å². The van der Waals surface area contributed by atoms with Gasteiger partial charge in [-0.3, -0.25) is 9.69 Å². The first-order valence-corrected chi connectivity index (χ1v) is 3.51. The molecule has 0 aliphatic rings. The molecule has 0 saturated heterocycles. The molecule has 0 unspecified atom stereocenters. The van der Waals surface area contributed by atoms with Gasteiger partial charge in [-0.15, -0.1) is 0 Å². The minimum absolute atomic E-state index is 0.0260. The summed E-state index contributed by atoms with van der Waals surface area (Å²) in [6, 6.07) is 1.97. The Morgan fingerprint density at radius 3 is 2.73 bits per heavy atom. The summed E-state index contributed by atoms with van der Waals surface area (Å²) in [5.41, 5.74) is 0. The second kappa shape index (κ2) is 5.69. The predicted octanol–water partition coefficient (Wildman–Crippen LogP) is 0.307. The summed E-state index contributed by atoms with van der Waals surface area (Å²) in [4.78, 5) is 11.9. The van der Waals surface area contributed by atoms with Crippen molar-refractivity contribution in [3.05, 3.63) is 0 Å². The van der Waals surface area contributed by atoms with E-state index in [0.717, 1.165) is 0 Å². The Balaban J connectivity index is 3.59. The second-order valence-electron chi connectivity index (χ2n) is 2.17. The van der Waals surface area contributed by atoms with Crippen molar-refractivity contribution in [2.75, 3.05) is 19.6 Å². The van der Waals surface area contributed by atoms with Crippen LogP contribution in [0.4, 0.5) is 0 Å². The average Bonchev–Trinajstić information content (AvgIpc) is 1.97. The largest absolute Gasteiger partial charge is 0.480 e. The molecule has 0 aliphatic heterocycles. The van der Waals surface area contributed by atoms with Crippen LogP contribution in [0.2, 0.25) is 0 Å². The minimum Gasteiger partial charge on any atom is -0.480 e.